The van der Waals surface area contributed by atoms with Crippen LogP contribution < -0.4 is 11.1 Å². The smallest absolute Gasteiger partial charge is 0.251 e. The number of hydrogen-bond acceptors (Lipinski definition) is 2. The molecule has 0 aromatic heterocycles. The lowest BCUT2D eigenvalue weighted by molar-refractivity contribution is 0.0933. The average molecular weight is 301 g/mol. The van der Waals surface area contributed by atoms with Gasteiger partial charge in [-0.25, -0.2) is 0 Å². The number of halogens is 1. The molecule has 1 aliphatic carbocycles. The number of anilines is 1. The molecule has 2 aromatic rings. The molecule has 3 nitrogen and oxygen atoms in total. The number of rotatable bonds is 2. The van der Waals surface area contributed by atoms with Crippen LogP contribution in [0.25, 0.3) is 0 Å². The van der Waals surface area contributed by atoms with Gasteiger partial charge in [0.2, 0.25) is 0 Å². The summed E-state index contributed by atoms with van der Waals surface area (Å²) < 4.78 is 0. The van der Waals surface area contributed by atoms with Gasteiger partial charge < -0.3 is 11.1 Å². The first-order valence-electron chi connectivity index (χ1n) is 7.05. The lowest BCUT2D eigenvalue weighted by Crippen LogP contribution is -2.38. The summed E-state index contributed by atoms with van der Waals surface area (Å²) in [6.07, 6.45) is 2.83. The highest BCUT2D eigenvalue weighted by Gasteiger charge is 2.20. The fourth-order valence-corrected chi connectivity index (χ4v) is 3.08. The van der Waals surface area contributed by atoms with E-state index in [-0.39, 0.29) is 11.9 Å². The molecule has 0 aliphatic heterocycles. The van der Waals surface area contributed by atoms with Crippen molar-refractivity contribution in [3.05, 3.63) is 64.2 Å². The normalized spacial score (nSPS) is 17.1. The van der Waals surface area contributed by atoms with Crippen molar-refractivity contribution in [2.45, 2.75) is 25.3 Å². The largest absolute Gasteiger partial charge is 0.399 e. The molecule has 0 radical (unpaired) electrons. The second-order valence-electron chi connectivity index (χ2n) is 5.46. The number of hydrogen-bond donors (Lipinski definition) is 2. The Balaban J connectivity index is 1.71. The summed E-state index contributed by atoms with van der Waals surface area (Å²) in [5, 5.41) is 3.56. The highest BCUT2D eigenvalue weighted by Crippen LogP contribution is 2.22. The first kappa shape index (κ1) is 14.0. The van der Waals surface area contributed by atoms with Crippen LogP contribution in [-0.4, -0.2) is 11.9 Å². The van der Waals surface area contributed by atoms with Crippen molar-refractivity contribution in [1.82, 2.24) is 5.32 Å². The summed E-state index contributed by atoms with van der Waals surface area (Å²) in [5.74, 6) is -0.117. The van der Waals surface area contributed by atoms with E-state index < -0.39 is 0 Å². The molecule has 0 spiro atoms. The molecule has 3 N–H and O–H groups in total. The second kappa shape index (κ2) is 5.78. The molecule has 0 saturated heterocycles. The van der Waals surface area contributed by atoms with E-state index in [1.807, 2.05) is 6.07 Å². The summed E-state index contributed by atoms with van der Waals surface area (Å²) in [5.41, 5.74) is 9.45. The number of benzene rings is 2. The predicted octanol–water partition coefficient (Wildman–Crippen LogP) is 3.21. The summed E-state index contributed by atoms with van der Waals surface area (Å²) >= 11 is 5.94. The third kappa shape index (κ3) is 3.19. The highest BCUT2D eigenvalue weighted by molar-refractivity contribution is 6.31. The van der Waals surface area contributed by atoms with Gasteiger partial charge in [-0.1, -0.05) is 35.9 Å². The Morgan fingerprint density at radius 1 is 1.19 bits per heavy atom. The summed E-state index contributed by atoms with van der Waals surface area (Å²) in [4.78, 5) is 12.3. The van der Waals surface area contributed by atoms with Gasteiger partial charge in [0.25, 0.3) is 5.91 Å². The summed E-state index contributed by atoms with van der Waals surface area (Å²) in [6.45, 7) is 0. The Bertz CT molecular complexity index is 664. The topological polar surface area (TPSA) is 55.1 Å². The molecular formula is C17H17ClN2O. The van der Waals surface area contributed by atoms with Crippen LogP contribution in [0, 0.1) is 0 Å². The van der Waals surface area contributed by atoms with E-state index in [2.05, 4.69) is 23.5 Å². The van der Waals surface area contributed by atoms with Crippen LogP contribution in [0.4, 0.5) is 5.69 Å². The zero-order valence-corrected chi connectivity index (χ0v) is 12.4. The number of nitrogens with one attached hydrogen (secondary N) is 1. The summed E-state index contributed by atoms with van der Waals surface area (Å²) in [6, 6.07) is 13.5. The van der Waals surface area contributed by atoms with Crippen molar-refractivity contribution in [1.29, 1.82) is 0 Å². The Morgan fingerprint density at radius 2 is 1.95 bits per heavy atom. The molecule has 0 saturated carbocycles. The monoisotopic (exact) mass is 300 g/mol. The number of aryl methyl sites for hydroxylation is 1. The van der Waals surface area contributed by atoms with Crippen LogP contribution >= 0.6 is 11.6 Å². The number of amides is 1. The lowest BCUT2D eigenvalue weighted by Gasteiger charge is -2.25. The van der Waals surface area contributed by atoms with Gasteiger partial charge in [0, 0.05) is 22.3 Å². The number of carbonyl (C=O) groups is 1. The molecule has 1 unspecified atom stereocenters. The van der Waals surface area contributed by atoms with Gasteiger partial charge in [-0.2, -0.15) is 0 Å². The van der Waals surface area contributed by atoms with Gasteiger partial charge >= 0.3 is 0 Å². The first-order chi connectivity index (χ1) is 10.1. The van der Waals surface area contributed by atoms with Crippen molar-refractivity contribution in [3.8, 4) is 0 Å². The third-order valence-corrected chi connectivity index (χ3v) is 4.08. The molecule has 2 aromatic carbocycles. The fourth-order valence-electron chi connectivity index (χ4n) is 2.83. The maximum atomic E-state index is 12.3. The summed E-state index contributed by atoms with van der Waals surface area (Å²) in [7, 11) is 0. The van der Waals surface area contributed by atoms with Crippen LogP contribution in [0.3, 0.4) is 0 Å². The minimum Gasteiger partial charge on any atom is -0.399 e. The van der Waals surface area contributed by atoms with E-state index in [9.17, 15) is 4.79 Å². The van der Waals surface area contributed by atoms with E-state index in [4.69, 9.17) is 17.3 Å². The van der Waals surface area contributed by atoms with Gasteiger partial charge in [0.1, 0.15) is 0 Å². The average Bonchev–Trinajstić information content (AvgIpc) is 2.46. The minimum absolute atomic E-state index is 0.117. The number of nitrogens with two attached hydrogens (primary N) is 1. The van der Waals surface area contributed by atoms with Gasteiger partial charge in [0.05, 0.1) is 0 Å². The molecule has 21 heavy (non-hydrogen) atoms. The minimum atomic E-state index is -0.117. The van der Waals surface area contributed by atoms with Crippen LogP contribution in [-0.2, 0) is 12.8 Å². The third-order valence-electron chi connectivity index (χ3n) is 3.86. The second-order valence-corrected chi connectivity index (χ2v) is 5.89. The van der Waals surface area contributed by atoms with E-state index >= 15 is 0 Å². The quantitative estimate of drug-likeness (QED) is 0.837. The molecule has 1 amide bonds. The van der Waals surface area contributed by atoms with Crippen LogP contribution in [0.5, 0.6) is 0 Å². The van der Waals surface area contributed by atoms with Gasteiger partial charge in [-0.15, -0.1) is 0 Å². The van der Waals surface area contributed by atoms with Crippen molar-refractivity contribution in [2.75, 3.05) is 5.73 Å². The fraction of sp³-hybridized carbons (Fsp3) is 0.235. The highest BCUT2D eigenvalue weighted by atomic mass is 35.5. The van der Waals surface area contributed by atoms with Crippen molar-refractivity contribution >= 4 is 23.2 Å². The molecule has 3 rings (SSSR count). The maximum absolute atomic E-state index is 12.3. The Hall–Kier alpha value is -2.00. The standard InChI is InChI=1S/C17H17ClN2O/c18-14-7-13(8-15(19)10-14)17(21)20-16-6-5-11-3-1-2-4-12(11)9-16/h1-4,7-8,10,16H,5-6,9,19H2,(H,20,21). The van der Waals surface area contributed by atoms with Crippen molar-refractivity contribution in [3.63, 3.8) is 0 Å². The van der Waals surface area contributed by atoms with E-state index in [1.54, 1.807) is 18.2 Å². The van der Waals surface area contributed by atoms with Crippen LogP contribution in [0.1, 0.15) is 27.9 Å². The molecule has 1 aliphatic rings. The zero-order chi connectivity index (χ0) is 14.8. The predicted molar refractivity (Wildman–Crippen MR) is 85.6 cm³/mol. The molecule has 0 fully saturated rings. The zero-order valence-electron chi connectivity index (χ0n) is 11.6. The molecule has 0 heterocycles. The van der Waals surface area contributed by atoms with Gasteiger partial charge in [-0.3, -0.25) is 4.79 Å². The molecule has 108 valence electrons. The Morgan fingerprint density at radius 3 is 2.71 bits per heavy atom. The number of carbonyl (C=O) groups excluding carboxylic acids is 1. The lowest BCUT2D eigenvalue weighted by atomic mass is 9.88. The van der Waals surface area contributed by atoms with E-state index in [1.165, 1.54) is 11.1 Å². The SMILES string of the molecule is Nc1cc(Cl)cc(C(=O)NC2CCc3ccccc3C2)c1. The molecule has 0 bridgehead atoms. The van der Waals surface area contributed by atoms with Gasteiger partial charge in [0.15, 0.2) is 0 Å². The van der Waals surface area contributed by atoms with E-state index in [0.717, 1.165) is 19.3 Å². The van der Waals surface area contributed by atoms with Crippen molar-refractivity contribution in [2.24, 2.45) is 0 Å². The molecular weight excluding hydrogens is 284 g/mol. The Labute approximate surface area is 129 Å². The molecule has 4 heteroatoms. The van der Waals surface area contributed by atoms with Crippen LogP contribution in [0.15, 0.2) is 42.5 Å². The van der Waals surface area contributed by atoms with E-state index in [0.29, 0.717) is 16.3 Å². The number of nitrogen functional groups attached to an aromatic ring is 1. The van der Waals surface area contributed by atoms with Crippen molar-refractivity contribution < 1.29 is 4.79 Å². The molecule has 1 atom stereocenters. The van der Waals surface area contributed by atoms with Crippen LogP contribution in [0.2, 0.25) is 5.02 Å². The Kier molecular flexibility index (Phi) is 3.84. The maximum Gasteiger partial charge on any atom is 0.251 e. The van der Waals surface area contributed by atoms with Gasteiger partial charge in [-0.05, 0) is 48.6 Å². The first-order valence-corrected chi connectivity index (χ1v) is 7.43. The number of fused-ring (bicyclic) bond motifs is 1.